The predicted molar refractivity (Wildman–Crippen MR) is 74.6 cm³/mol. The molecule has 20 heavy (non-hydrogen) atoms. The summed E-state index contributed by atoms with van der Waals surface area (Å²) in [4.78, 5) is 12.1. The van der Waals surface area contributed by atoms with Crippen LogP contribution in [-0.2, 0) is 0 Å². The van der Waals surface area contributed by atoms with E-state index in [9.17, 15) is 9.18 Å². The van der Waals surface area contributed by atoms with Gasteiger partial charge in [-0.1, -0.05) is 18.2 Å². The molecular formula is C17H15FO2. The minimum absolute atomic E-state index is 0.0750. The summed E-state index contributed by atoms with van der Waals surface area (Å²) in [5.74, 6) is -0.0230. The van der Waals surface area contributed by atoms with E-state index in [1.807, 2.05) is 32.0 Å². The fourth-order valence-corrected chi connectivity index (χ4v) is 2.45. The standard InChI is InChI=1S/C17H15FO2/c1-10-3-4-12(7-11(10)2)17-9-15(19)14-8-13(18)5-6-16(14)20-17/h3-8,17H,9H2,1-2H3. The Morgan fingerprint density at radius 3 is 2.65 bits per heavy atom. The van der Waals surface area contributed by atoms with E-state index in [2.05, 4.69) is 0 Å². The SMILES string of the molecule is Cc1ccc(C2CC(=O)c3cc(F)ccc3O2)cc1C. The van der Waals surface area contributed by atoms with Gasteiger partial charge in [0, 0.05) is 0 Å². The first kappa shape index (κ1) is 12.9. The van der Waals surface area contributed by atoms with Crippen molar-refractivity contribution in [2.75, 3.05) is 0 Å². The molecule has 1 aliphatic heterocycles. The number of fused-ring (bicyclic) bond motifs is 1. The third-order valence-electron chi connectivity index (χ3n) is 3.78. The van der Waals surface area contributed by atoms with Crippen LogP contribution in [0.25, 0.3) is 0 Å². The number of ketones is 1. The van der Waals surface area contributed by atoms with E-state index in [-0.39, 0.29) is 18.3 Å². The molecule has 2 aromatic rings. The maximum atomic E-state index is 13.2. The Morgan fingerprint density at radius 2 is 1.90 bits per heavy atom. The molecule has 0 saturated heterocycles. The normalized spacial score (nSPS) is 17.6. The van der Waals surface area contributed by atoms with E-state index < -0.39 is 5.82 Å². The van der Waals surface area contributed by atoms with Crippen molar-refractivity contribution in [3.63, 3.8) is 0 Å². The van der Waals surface area contributed by atoms with Gasteiger partial charge in [0.1, 0.15) is 17.7 Å². The molecule has 1 atom stereocenters. The van der Waals surface area contributed by atoms with Gasteiger partial charge in [-0.3, -0.25) is 4.79 Å². The van der Waals surface area contributed by atoms with Gasteiger partial charge in [0.05, 0.1) is 12.0 Å². The lowest BCUT2D eigenvalue weighted by atomic mass is 9.94. The van der Waals surface area contributed by atoms with Crippen molar-refractivity contribution in [2.45, 2.75) is 26.4 Å². The second-order valence-electron chi connectivity index (χ2n) is 5.22. The molecule has 102 valence electrons. The summed E-state index contributed by atoms with van der Waals surface area (Å²) in [7, 11) is 0. The second kappa shape index (κ2) is 4.75. The fourth-order valence-electron chi connectivity index (χ4n) is 2.45. The number of carbonyl (C=O) groups is 1. The third-order valence-corrected chi connectivity index (χ3v) is 3.78. The zero-order valence-electron chi connectivity index (χ0n) is 11.4. The number of benzene rings is 2. The molecule has 0 aromatic heterocycles. The quantitative estimate of drug-likeness (QED) is 0.778. The van der Waals surface area contributed by atoms with Crippen molar-refractivity contribution in [3.8, 4) is 5.75 Å². The summed E-state index contributed by atoms with van der Waals surface area (Å²) in [6.45, 7) is 4.08. The van der Waals surface area contributed by atoms with E-state index >= 15 is 0 Å². The number of hydrogen-bond donors (Lipinski definition) is 0. The van der Waals surface area contributed by atoms with Gasteiger partial charge in [-0.15, -0.1) is 0 Å². The van der Waals surface area contributed by atoms with Crippen LogP contribution < -0.4 is 4.74 Å². The highest BCUT2D eigenvalue weighted by atomic mass is 19.1. The largest absolute Gasteiger partial charge is 0.484 e. The van der Waals surface area contributed by atoms with Crippen LogP contribution in [0.3, 0.4) is 0 Å². The van der Waals surface area contributed by atoms with Crippen LogP contribution in [0.15, 0.2) is 36.4 Å². The van der Waals surface area contributed by atoms with Crippen molar-refractivity contribution in [2.24, 2.45) is 0 Å². The smallest absolute Gasteiger partial charge is 0.170 e. The molecule has 3 rings (SSSR count). The molecule has 2 aromatic carbocycles. The van der Waals surface area contributed by atoms with Crippen LogP contribution >= 0.6 is 0 Å². The molecule has 3 heteroatoms. The first-order valence-corrected chi connectivity index (χ1v) is 6.61. The number of Topliss-reactive ketones (excluding diaryl/α,β-unsaturated/α-hetero) is 1. The van der Waals surface area contributed by atoms with Crippen molar-refractivity contribution in [3.05, 3.63) is 64.5 Å². The molecule has 0 radical (unpaired) electrons. The maximum absolute atomic E-state index is 13.2. The number of halogens is 1. The van der Waals surface area contributed by atoms with Crippen LogP contribution in [0.2, 0.25) is 0 Å². The van der Waals surface area contributed by atoms with Gasteiger partial charge < -0.3 is 4.74 Å². The highest BCUT2D eigenvalue weighted by Crippen LogP contribution is 2.35. The summed E-state index contributed by atoms with van der Waals surface area (Å²) in [6.07, 6.45) is -0.0429. The van der Waals surface area contributed by atoms with Gasteiger partial charge in [-0.05, 0) is 48.7 Å². The second-order valence-corrected chi connectivity index (χ2v) is 5.22. The minimum atomic E-state index is -0.412. The van der Waals surface area contributed by atoms with E-state index in [4.69, 9.17) is 4.74 Å². The summed E-state index contributed by atoms with van der Waals surface area (Å²) in [5.41, 5.74) is 3.70. The van der Waals surface area contributed by atoms with Crippen LogP contribution in [0.4, 0.5) is 4.39 Å². The minimum Gasteiger partial charge on any atom is -0.484 e. The maximum Gasteiger partial charge on any atom is 0.170 e. The number of aryl methyl sites for hydroxylation is 2. The Hall–Kier alpha value is -2.16. The molecule has 0 saturated carbocycles. The van der Waals surface area contributed by atoms with Gasteiger partial charge in [0.15, 0.2) is 5.78 Å². The zero-order chi connectivity index (χ0) is 14.3. The molecule has 0 bridgehead atoms. The Labute approximate surface area is 117 Å². The molecule has 0 fully saturated rings. The molecule has 1 unspecified atom stereocenters. The van der Waals surface area contributed by atoms with E-state index in [1.165, 1.54) is 29.3 Å². The molecule has 0 N–H and O–H groups in total. The lowest BCUT2D eigenvalue weighted by Crippen LogP contribution is -2.20. The number of hydrogen-bond acceptors (Lipinski definition) is 2. The van der Waals surface area contributed by atoms with Gasteiger partial charge in [-0.25, -0.2) is 4.39 Å². The van der Waals surface area contributed by atoms with Gasteiger partial charge in [0.25, 0.3) is 0 Å². The Morgan fingerprint density at radius 1 is 1.10 bits per heavy atom. The van der Waals surface area contributed by atoms with Crippen molar-refractivity contribution >= 4 is 5.78 Å². The molecule has 0 spiro atoms. The highest BCUT2D eigenvalue weighted by Gasteiger charge is 2.28. The molecular weight excluding hydrogens is 255 g/mol. The molecule has 0 amide bonds. The van der Waals surface area contributed by atoms with Crippen molar-refractivity contribution < 1.29 is 13.9 Å². The third kappa shape index (κ3) is 2.20. The van der Waals surface area contributed by atoms with Crippen molar-refractivity contribution in [1.29, 1.82) is 0 Å². The molecule has 0 aliphatic carbocycles. The number of carbonyl (C=O) groups excluding carboxylic acids is 1. The Kier molecular flexibility index (Phi) is 3.05. The fraction of sp³-hybridized carbons (Fsp3) is 0.235. The molecule has 1 heterocycles. The number of ether oxygens (including phenoxy) is 1. The lowest BCUT2D eigenvalue weighted by Gasteiger charge is -2.26. The highest BCUT2D eigenvalue weighted by molar-refractivity contribution is 6.00. The first-order valence-electron chi connectivity index (χ1n) is 6.61. The van der Waals surface area contributed by atoms with E-state index in [0.29, 0.717) is 11.3 Å². The zero-order valence-corrected chi connectivity index (χ0v) is 11.4. The predicted octanol–water partition coefficient (Wildman–Crippen LogP) is 4.15. The average molecular weight is 270 g/mol. The van der Waals surface area contributed by atoms with E-state index in [0.717, 1.165) is 5.56 Å². The number of rotatable bonds is 1. The topological polar surface area (TPSA) is 26.3 Å². The van der Waals surface area contributed by atoms with Crippen LogP contribution in [0.1, 0.15) is 39.6 Å². The average Bonchev–Trinajstić information content (AvgIpc) is 2.42. The first-order chi connectivity index (χ1) is 9.54. The molecule has 1 aliphatic rings. The van der Waals surface area contributed by atoms with Crippen molar-refractivity contribution in [1.82, 2.24) is 0 Å². The van der Waals surface area contributed by atoms with Crippen LogP contribution in [0.5, 0.6) is 5.75 Å². The Bertz CT molecular complexity index is 691. The molecule has 2 nitrogen and oxygen atoms in total. The summed E-state index contributed by atoms with van der Waals surface area (Å²) in [5, 5.41) is 0. The van der Waals surface area contributed by atoms with Gasteiger partial charge in [-0.2, -0.15) is 0 Å². The van der Waals surface area contributed by atoms with Crippen LogP contribution in [-0.4, -0.2) is 5.78 Å². The van der Waals surface area contributed by atoms with E-state index in [1.54, 1.807) is 0 Å². The monoisotopic (exact) mass is 270 g/mol. The summed E-state index contributed by atoms with van der Waals surface area (Å²) < 4.78 is 19.0. The Balaban J connectivity index is 1.97. The van der Waals surface area contributed by atoms with Gasteiger partial charge in [0.2, 0.25) is 0 Å². The summed E-state index contributed by atoms with van der Waals surface area (Å²) >= 11 is 0. The van der Waals surface area contributed by atoms with Crippen LogP contribution in [0, 0.1) is 19.7 Å². The lowest BCUT2D eigenvalue weighted by molar-refractivity contribution is 0.0849. The van der Waals surface area contributed by atoms with Gasteiger partial charge >= 0.3 is 0 Å². The summed E-state index contributed by atoms with van der Waals surface area (Å²) in [6, 6.07) is 10.1.